The normalized spacial score (nSPS) is 12.0. The molecule has 0 saturated heterocycles. The summed E-state index contributed by atoms with van der Waals surface area (Å²) in [6.07, 6.45) is 0. The fourth-order valence-electron chi connectivity index (χ4n) is 4.79. The van der Waals surface area contributed by atoms with Crippen LogP contribution in [0, 0.1) is 6.92 Å². The molecule has 0 fully saturated rings. The summed E-state index contributed by atoms with van der Waals surface area (Å²) in [5.74, 6) is 0.395. The fraction of sp³-hybridized carbons (Fsp3) is 0.176. The molecule has 0 heterocycles. The quantitative estimate of drug-likeness (QED) is 0.0958. The van der Waals surface area contributed by atoms with Crippen molar-refractivity contribution < 1.29 is 28.5 Å². The molecule has 5 aromatic carbocycles. The van der Waals surface area contributed by atoms with E-state index in [1.54, 1.807) is 18.2 Å². The Morgan fingerprint density at radius 2 is 1.43 bits per heavy atom. The molecule has 0 aromatic heterocycles. The van der Waals surface area contributed by atoms with Gasteiger partial charge in [-0.05, 0) is 84.6 Å². The Labute approximate surface area is 272 Å². The number of nitrogens with one attached hydrogen (secondary N) is 1. The number of hydrogen-bond acceptors (Lipinski definition) is 11. The van der Waals surface area contributed by atoms with E-state index < -0.39 is 10.0 Å². The Morgan fingerprint density at radius 1 is 0.745 bits per heavy atom. The largest absolute Gasteiger partial charge is 0.505 e. The molecule has 12 nitrogen and oxygen atoms in total. The van der Waals surface area contributed by atoms with E-state index in [2.05, 4.69) is 25.8 Å². The maximum absolute atomic E-state index is 12.8. The predicted octanol–water partition coefficient (Wildman–Crippen LogP) is 7.41. The Morgan fingerprint density at radius 3 is 2.11 bits per heavy atom. The monoisotopic (exact) mass is 654 g/mol. The number of hydrogen-bond donors (Lipinski definition) is 4. The van der Waals surface area contributed by atoms with Crippen LogP contribution in [0.2, 0.25) is 0 Å². The molecule has 5 rings (SSSR count). The molecule has 0 unspecified atom stereocenters. The Hall–Kier alpha value is -5.21. The van der Waals surface area contributed by atoms with Gasteiger partial charge in [-0.15, -0.1) is 10.2 Å². The van der Waals surface area contributed by atoms with Gasteiger partial charge >= 0.3 is 0 Å². The second-order valence-electron chi connectivity index (χ2n) is 10.4. The zero-order chi connectivity index (χ0) is 33.4. The van der Waals surface area contributed by atoms with Crippen molar-refractivity contribution in [2.24, 2.45) is 20.5 Å². The number of aryl methyl sites for hydroxylation is 1. The van der Waals surface area contributed by atoms with Gasteiger partial charge in [0, 0.05) is 35.9 Å². The van der Waals surface area contributed by atoms with Gasteiger partial charge in [0.25, 0.3) is 0 Å². The third kappa shape index (κ3) is 7.79. The van der Waals surface area contributed by atoms with Gasteiger partial charge in [-0.25, -0.2) is 8.42 Å². The number of nitrogens with zero attached hydrogens (tertiary/aromatic N) is 5. The van der Waals surface area contributed by atoms with Crippen LogP contribution >= 0.6 is 0 Å². The second-order valence-corrected chi connectivity index (χ2v) is 12.4. The van der Waals surface area contributed by atoms with Crippen molar-refractivity contribution in [1.29, 1.82) is 0 Å². The van der Waals surface area contributed by atoms with E-state index in [4.69, 9.17) is 4.74 Å². The average molecular weight is 655 g/mol. The van der Waals surface area contributed by atoms with Crippen LogP contribution in [0.3, 0.4) is 0 Å². The number of phenolic OH excluding ortho intramolecular Hbond substituents is 1. The Balaban J connectivity index is 1.32. The number of methoxy groups -OCH3 is 1. The molecule has 5 aromatic rings. The lowest BCUT2D eigenvalue weighted by Crippen LogP contribution is -2.35. The summed E-state index contributed by atoms with van der Waals surface area (Å²) in [4.78, 5) is 0.00758. The lowest BCUT2D eigenvalue weighted by molar-refractivity contribution is 0.217. The smallest absolute Gasteiger partial charge is 0.243 e. The van der Waals surface area contributed by atoms with Crippen molar-refractivity contribution in [2.45, 2.75) is 11.8 Å². The SMILES string of the molecule is COc1cc(N=Nc2ccc(S(=O)(=O)N(CCO)CCO)cc2)c(C)cc1N=Nc1ccc2cc(Nc3ccccc3)ccc2c1O. The third-order valence-electron chi connectivity index (χ3n) is 7.24. The number of phenols is 1. The van der Waals surface area contributed by atoms with Crippen LogP contribution in [0.15, 0.2) is 122 Å². The number of benzene rings is 5. The van der Waals surface area contributed by atoms with Gasteiger partial charge in [0.05, 0.1) is 36.6 Å². The fourth-order valence-corrected chi connectivity index (χ4v) is 6.21. The first-order chi connectivity index (χ1) is 22.7. The number of rotatable bonds is 13. The minimum atomic E-state index is -3.89. The van der Waals surface area contributed by atoms with Crippen molar-refractivity contribution in [3.8, 4) is 11.5 Å². The van der Waals surface area contributed by atoms with Gasteiger partial charge in [-0.2, -0.15) is 14.5 Å². The maximum atomic E-state index is 12.8. The number of azo groups is 2. The van der Waals surface area contributed by atoms with Crippen LogP contribution in [0.4, 0.5) is 34.1 Å². The molecular formula is C34H34N6O6S. The van der Waals surface area contributed by atoms with Crippen LogP contribution in [-0.2, 0) is 10.0 Å². The summed E-state index contributed by atoms with van der Waals surface area (Å²) in [7, 11) is -2.40. The summed E-state index contributed by atoms with van der Waals surface area (Å²) >= 11 is 0. The first-order valence-electron chi connectivity index (χ1n) is 14.7. The number of fused-ring (bicyclic) bond motifs is 1. The molecule has 0 bridgehead atoms. The van der Waals surface area contributed by atoms with E-state index in [1.165, 1.54) is 31.4 Å². The van der Waals surface area contributed by atoms with Gasteiger partial charge in [-0.3, -0.25) is 0 Å². The van der Waals surface area contributed by atoms with Crippen molar-refractivity contribution >= 4 is 54.9 Å². The highest BCUT2D eigenvalue weighted by Crippen LogP contribution is 2.40. The Kier molecular flexibility index (Phi) is 10.5. The third-order valence-corrected chi connectivity index (χ3v) is 9.15. The molecule has 0 amide bonds. The number of aliphatic hydroxyl groups is 2. The van der Waals surface area contributed by atoms with E-state index in [9.17, 15) is 23.7 Å². The van der Waals surface area contributed by atoms with Crippen LogP contribution in [-0.4, -0.2) is 61.5 Å². The van der Waals surface area contributed by atoms with E-state index in [0.717, 1.165) is 26.6 Å². The molecule has 242 valence electrons. The predicted molar refractivity (Wildman–Crippen MR) is 181 cm³/mol. The highest BCUT2D eigenvalue weighted by Gasteiger charge is 2.23. The summed E-state index contributed by atoms with van der Waals surface area (Å²) in [6, 6.07) is 28.3. The molecule has 0 aliphatic carbocycles. The molecule has 47 heavy (non-hydrogen) atoms. The molecule has 4 N–H and O–H groups in total. The first kappa shape index (κ1) is 33.2. The standard InChI is InChI=1S/C34H34N6O6S/c1-23-20-32(39-37-30-15-8-24-21-27(11-14-29(24)34(30)43)35-25-6-4-3-5-7-25)33(46-2)22-31(23)38-36-26-9-12-28(13-10-26)47(44,45)40(16-18-41)17-19-42/h3-15,20-22,35,41-43H,16-19H2,1-2H3. The molecule has 0 spiro atoms. The molecule has 0 aliphatic heterocycles. The van der Waals surface area contributed by atoms with Crippen molar-refractivity contribution in [2.75, 3.05) is 38.7 Å². The van der Waals surface area contributed by atoms with Crippen molar-refractivity contribution in [3.63, 3.8) is 0 Å². The summed E-state index contributed by atoms with van der Waals surface area (Å²) < 4.78 is 32.2. The highest BCUT2D eigenvalue weighted by atomic mass is 32.2. The van der Waals surface area contributed by atoms with Crippen LogP contribution in [0.1, 0.15) is 5.56 Å². The van der Waals surface area contributed by atoms with Gasteiger partial charge < -0.3 is 25.4 Å². The zero-order valence-corrected chi connectivity index (χ0v) is 26.6. The summed E-state index contributed by atoms with van der Waals surface area (Å²) in [5.41, 5.74) is 4.22. The van der Waals surface area contributed by atoms with E-state index in [-0.39, 0.29) is 36.9 Å². The number of aliphatic hydroxyl groups excluding tert-OH is 2. The van der Waals surface area contributed by atoms with Crippen molar-refractivity contribution in [1.82, 2.24) is 4.31 Å². The van der Waals surface area contributed by atoms with E-state index in [0.29, 0.717) is 33.9 Å². The second kappa shape index (κ2) is 14.9. The molecule has 0 radical (unpaired) electrons. The molecule has 0 aliphatic rings. The van der Waals surface area contributed by atoms with Crippen molar-refractivity contribution in [3.05, 3.63) is 103 Å². The molecule has 0 saturated carbocycles. The van der Waals surface area contributed by atoms with Gasteiger partial charge in [0.1, 0.15) is 17.1 Å². The molecular weight excluding hydrogens is 620 g/mol. The van der Waals surface area contributed by atoms with E-state index in [1.807, 2.05) is 61.5 Å². The lowest BCUT2D eigenvalue weighted by Gasteiger charge is -2.20. The zero-order valence-electron chi connectivity index (χ0n) is 25.8. The van der Waals surface area contributed by atoms with E-state index >= 15 is 0 Å². The van der Waals surface area contributed by atoms with Gasteiger partial charge in [0.15, 0.2) is 5.75 Å². The van der Waals surface area contributed by atoms with Crippen LogP contribution in [0.5, 0.6) is 11.5 Å². The highest BCUT2D eigenvalue weighted by molar-refractivity contribution is 7.89. The van der Waals surface area contributed by atoms with Crippen LogP contribution in [0.25, 0.3) is 10.8 Å². The molecule has 0 atom stereocenters. The number of sulfonamides is 1. The number of ether oxygens (including phenoxy) is 1. The minimum Gasteiger partial charge on any atom is -0.505 e. The summed E-state index contributed by atoms with van der Waals surface area (Å²) in [6.45, 7) is 0.843. The number of anilines is 2. The number of aromatic hydroxyl groups is 1. The van der Waals surface area contributed by atoms with Gasteiger partial charge in [-0.1, -0.05) is 24.3 Å². The topological polar surface area (TPSA) is 169 Å². The molecule has 13 heteroatoms. The maximum Gasteiger partial charge on any atom is 0.243 e. The van der Waals surface area contributed by atoms with Crippen LogP contribution < -0.4 is 10.1 Å². The average Bonchev–Trinajstić information content (AvgIpc) is 3.08. The van der Waals surface area contributed by atoms with Gasteiger partial charge in [0.2, 0.25) is 10.0 Å². The minimum absolute atomic E-state index is 0.00643. The Bertz CT molecular complexity index is 2010. The first-order valence-corrected chi connectivity index (χ1v) is 16.1. The lowest BCUT2D eigenvalue weighted by atomic mass is 10.1. The summed E-state index contributed by atoms with van der Waals surface area (Å²) in [5, 5.41) is 51.4. The number of para-hydroxylation sites is 1.